The highest BCUT2D eigenvalue weighted by Crippen LogP contribution is 2.09. The van der Waals surface area contributed by atoms with E-state index in [1.165, 1.54) is 6.20 Å². The van der Waals surface area contributed by atoms with Gasteiger partial charge in [-0.1, -0.05) is 17.5 Å². The van der Waals surface area contributed by atoms with Crippen LogP contribution in [-0.4, -0.2) is 4.98 Å². The Morgan fingerprint density at radius 3 is 2.90 bits per heavy atom. The van der Waals surface area contributed by atoms with Crippen LogP contribution in [0.4, 0.5) is 4.39 Å². The summed E-state index contributed by atoms with van der Waals surface area (Å²) in [5, 5.41) is 0.108. The molecule has 50 valence electrons. The Labute approximate surface area is 62.8 Å². The maximum absolute atomic E-state index is 12.6. The monoisotopic (exact) mass is 155 g/mol. The van der Waals surface area contributed by atoms with Crippen molar-refractivity contribution in [3.8, 4) is 12.3 Å². The van der Waals surface area contributed by atoms with Gasteiger partial charge in [-0.25, -0.2) is 9.37 Å². The van der Waals surface area contributed by atoms with Gasteiger partial charge in [0.2, 0.25) is 0 Å². The second-order valence-corrected chi connectivity index (χ2v) is 2.02. The number of hydrogen-bond donors (Lipinski definition) is 0. The summed E-state index contributed by atoms with van der Waals surface area (Å²) in [6.07, 6.45) is 6.15. The molecule has 0 N–H and O–H groups in total. The molecule has 0 unspecified atom stereocenters. The van der Waals surface area contributed by atoms with Crippen LogP contribution in [0.1, 0.15) is 5.56 Å². The van der Waals surface area contributed by atoms with Crippen LogP contribution in [-0.2, 0) is 0 Å². The predicted octanol–water partition coefficient (Wildman–Crippen LogP) is 1.86. The van der Waals surface area contributed by atoms with E-state index in [4.69, 9.17) is 18.0 Å². The third-order valence-corrected chi connectivity index (χ3v) is 1.18. The van der Waals surface area contributed by atoms with Gasteiger partial charge in [0.05, 0.1) is 5.56 Å². The van der Waals surface area contributed by atoms with E-state index in [2.05, 4.69) is 10.9 Å². The van der Waals surface area contributed by atoms with Gasteiger partial charge in [0.1, 0.15) is 11.0 Å². The Balaban J connectivity index is 3.23. The number of rotatable bonds is 0. The lowest BCUT2D eigenvalue weighted by Crippen LogP contribution is -1.84. The van der Waals surface area contributed by atoms with Gasteiger partial charge in [0, 0.05) is 12.3 Å². The van der Waals surface area contributed by atoms with Crippen LogP contribution in [0, 0.1) is 18.2 Å². The third kappa shape index (κ3) is 1.26. The molecule has 1 nitrogen and oxygen atoms in total. The molecule has 0 aromatic carbocycles. The van der Waals surface area contributed by atoms with Crippen molar-refractivity contribution in [1.29, 1.82) is 0 Å². The summed E-state index contributed by atoms with van der Waals surface area (Å²) in [7, 11) is 0. The van der Waals surface area contributed by atoms with E-state index in [0.29, 0.717) is 0 Å². The van der Waals surface area contributed by atoms with Gasteiger partial charge < -0.3 is 0 Å². The number of pyridine rings is 1. The van der Waals surface area contributed by atoms with Crippen LogP contribution < -0.4 is 0 Å². The second-order valence-electron chi connectivity index (χ2n) is 1.63. The first-order chi connectivity index (χ1) is 4.74. The Bertz CT molecular complexity index is 290. The first kappa shape index (κ1) is 7.04. The Morgan fingerprint density at radius 2 is 2.40 bits per heavy atom. The molecule has 1 heterocycles. The minimum atomic E-state index is -0.512. The van der Waals surface area contributed by atoms with Crippen LogP contribution >= 0.6 is 11.6 Å². The molecule has 0 saturated carbocycles. The Morgan fingerprint density at radius 1 is 1.70 bits per heavy atom. The number of aromatic nitrogens is 1. The predicted molar refractivity (Wildman–Crippen MR) is 37.1 cm³/mol. The van der Waals surface area contributed by atoms with Crippen LogP contribution in [0.3, 0.4) is 0 Å². The van der Waals surface area contributed by atoms with E-state index < -0.39 is 5.82 Å². The van der Waals surface area contributed by atoms with Crippen molar-refractivity contribution in [2.75, 3.05) is 0 Å². The van der Waals surface area contributed by atoms with Crippen LogP contribution in [0.5, 0.6) is 0 Å². The van der Waals surface area contributed by atoms with E-state index in [9.17, 15) is 4.39 Å². The minimum Gasteiger partial charge on any atom is -0.243 e. The quantitative estimate of drug-likeness (QED) is 0.412. The lowest BCUT2D eigenvalue weighted by Gasteiger charge is -1.91. The summed E-state index contributed by atoms with van der Waals surface area (Å²) in [4.78, 5) is 3.59. The second kappa shape index (κ2) is 2.68. The molecule has 0 amide bonds. The third-order valence-electron chi connectivity index (χ3n) is 0.976. The van der Waals surface area contributed by atoms with E-state index in [0.717, 1.165) is 6.07 Å². The first-order valence-corrected chi connectivity index (χ1v) is 2.89. The normalized spacial score (nSPS) is 8.90. The van der Waals surface area contributed by atoms with Gasteiger partial charge in [-0.15, -0.1) is 6.42 Å². The molecular formula is C7H3ClFN. The minimum absolute atomic E-state index is 0.108. The Hall–Kier alpha value is -1.07. The fraction of sp³-hybridized carbons (Fsp3) is 0. The molecule has 0 radical (unpaired) electrons. The van der Waals surface area contributed by atoms with Gasteiger partial charge in [0.15, 0.2) is 0 Å². The van der Waals surface area contributed by atoms with Crippen LogP contribution in [0.15, 0.2) is 12.3 Å². The Kier molecular flexibility index (Phi) is 1.88. The zero-order chi connectivity index (χ0) is 7.56. The fourth-order valence-corrected chi connectivity index (χ4v) is 0.658. The summed E-state index contributed by atoms with van der Waals surface area (Å²) in [6, 6.07) is 1.08. The van der Waals surface area contributed by atoms with E-state index in [1.54, 1.807) is 0 Å². The van der Waals surface area contributed by atoms with Gasteiger partial charge in [-0.05, 0) is 0 Å². The standard InChI is InChI=1S/C7H3ClFN/c1-2-5-4-10-7(8)3-6(5)9/h1,3-4H. The topological polar surface area (TPSA) is 12.9 Å². The zero-order valence-corrected chi connectivity index (χ0v) is 5.69. The number of halogens is 2. The van der Waals surface area contributed by atoms with Crippen molar-refractivity contribution in [2.24, 2.45) is 0 Å². The van der Waals surface area contributed by atoms with Gasteiger partial charge in [-0.3, -0.25) is 0 Å². The molecular weight excluding hydrogens is 153 g/mol. The van der Waals surface area contributed by atoms with Crippen molar-refractivity contribution < 1.29 is 4.39 Å². The fourth-order valence-electron chi connectivity index (χ4n) is 0.514. The molecule has 0 aliphatic heterocycles. The summed E-state index contributed by atoms with van der Waals surface area (Å²) >= 11 is 5.35. The molecule has 0 spiro atoms. The lowest BCUT2D eigenvalue weighted by molar-refractivity contribution is 0.622. The number of nitrogens with zero attached hydrogens (tertiary/aromatic N) is 1. The van der Waals surface area contributed by atoms with Crippen molar-refractivity contribution in [2.45, 2.75) is 0 Å². The van der Waals surface area contributed by atoms with Gasteiger partial charge in [0.25, 0.3) is 0 Å². The van der Waals surface area contributed by atoms with Gasteiger partial charge >= 0.3 is 0 Å². The van der Waals surface area contributed by atoms with Crippen LogP contribution in [0.25, 0.3) is 0 Å². The van der Waals surface area contributed by atoms with Crippen LogP contribution in [0.2, 0.25) is 5.15 Å². The first-order valence-electron chi connectivity index (χ1n) is 2.51. The number of hydrogen-bond acceptors (Lipinski definition) is 1. The maximum Gasteiger partial charge on any atom is 0.143 e. The summed E-state index contributed by atoms with van der Waals surface area (Å²) < 4.78 is 12.6. The molecule has 1 aromatic rings. The van der Waals surface area contributed by atoms with Crippen molar-refractivity contribution in [1.82, 2.24) is 4.98 Å². The highest BCUT2D eigenvalue weighted by Gasteiger charge is 1.98. The molecule has 0 bridgehead atoms. The summed E-state index contributed by atoms with van der Waals surface area (Å²) in [5.74, 6) is 1.61. The van der Waals surface area contributed by atoms with Crippen molar-refractivity contribution in [3.63, 3.8) is 0 Å². The molecule has 0 aliphatic rings. The van der Waals surface area contributed by atoms with E-state index in [1.807, 2.05) is 0 Å². The highest BCUT2D eigenvalue weighted by atomic mass is 35.5. The average molecular weight is 156 g/mol. The maximum atomic E-state index is 12.6. The van der Waals surface area contributed by atoms with E-state index in [-0.39, 0.29) is 10.7 Å². The van der Waals surface area contributed by atoms with Gasteiger partial charge in [-0.2, -0.15) is 0 Å². The molecule has 0 aliphatic carbocycles. The molecule has 1 aromatic heterocycles. The molecule has 0 atom stereocenters. The largest absolute Gasteiger partial charge is 0.243 e. The summed E-state index contributed by atoms with van der Waals surface area (Å²) in [6.45, 7) is 0. The molecule has 1 rings (SSSR count). The molecule has 0 saturated heterocycles. The highest BCUT2D eigenvalue weighted by molar-refractivity contribution is 6.29. The molecule has 0 fully saturated rings. The van der Waals surface area contributed by atoms with Crippen molar-refractivity contribution >= 4 is 11.6 Å². The van der Waals surface area contributed by atoms with Crippen molar-refractivity contribution in [3.05, 3.63) is 28.8 Å². The average Bonchev–Trinajstić information content (AvgIpc) is 1.88. The SMILES string of the molecule is C#Cc1cnc(Cl)cc1F. The number of terminal acetylenes is 1. The molecule has 3 heteroatoms. The lowest BCUT2D eigenvalue weighted by atomic mass is 10.3. The van der Waals surface area contributed by atoms with E-state index >= 15 is 0 Å². The smallest absolute Gasteiger partial charge is 0.143 e. The zero-order valence-electron chi connectivity index (χ0n) is 4.94. The molecule has 10 heavy (non-hydrogen) atoms. The summed E-state index contributed by atoms with van der Waals surface area (Å²) in [5.41, 5.74) is 0.129.